The fraction of sp³-hybridized carbons (Fsp3) is 0.286. The van der Waals surface area contributed by atoms with E-state index in [1.807, 2.05) is 65.6 Å². The van der Waals surface area contributed by atoms with E-state index in [1.54, 1.807) is 0 Å². The van der Waals surface area contributed by atoms with Crippen LogP contribution >= 0.6 is 11.8 Å². The van der Waals surface area contributed by atoms with E-state index in [4.69, 9.17) is 4.74 Å². The zero-order valence-electron chi connectivity index (χ0n) is 19.6. The molecule has 0 atom stereocenters. The molecule has 180 valence electrons. The van der Waals surface area contributed by atoms with Gasteiger partial charge < -0.3 is 15.0 Å². The predicted octanol–water partition coefficient (Wildman–Crippen LogP) is 4.45. The molecule has 2 aliphatic heterocycles. The smallest absolute Gasteiger partial charge is 0.256 e. The van der Waals surface area contributed by atoms with Crippen LogP contribution in [0.15, 0.2) is 77.7 Å². The van der Waals surface area contributed by atoms with Crippen LogP contribution in [0.3, 0.4) is 0 Å². The molecule has 7 heteroatoms. The van der Waals surface area contributed by atoms with E-state index in [-0.39, 0.29) is 17.6 Å². The normalized spacial score (nSPS) is 15.6. The average Bonchev–Trinajstić information content (AvgIpc) is 3.33. The zero-order chi connectivity index (χ0) is 24.0. The van der Waals surface area contributed by atoms with Crippen molar-refractivity contribution in [3.63, 3.8) is 0 Å². The number of benzene rings is 3. The number of hydrogen-bond donors (Lipinski definition) is 1. The van der Waals surface area contributed by atoms with Gasteiger partial charge in [0.05, 0.1) is 24.5 Å². The van der Waals surface area contributed by atoms with Crippen LogP contribution in [0.4, 0.5) is 11.4 Å². The topological polar surface area (TPSA) is 61.9 Å². The van der Waals surface area contributed by atoms with Gasteiger partial charge in [-0.15, -0.1) is 11.8 Å². The van der Waals surface area contributed by atoms with Crippen LogP contribution < -0.4 is 10.2 Å². The summed E-state index contributed by atoms with van der Waals surface area (Å²) >= 11 is 1.41. The van der Waals surface area contributed by atoms with Gasteiger partial charge in [-0.3, -0.25) is 14.5 Å². The van der Waals surface area contributed by atoms with Crippen LogP contribution in [0.25, 0.3) is 0 Å². The minimum Gasteiger partial charge on any atom is -0.379 e. The van der Waals surface area contributed by atoms with Gasteiger partial charge in [0, 0.05) is 42.4 Å². The molecule has 3 aromatic carbocycles. The molecule has 0 aliphatic carbocycles. The third-order valence-electron chi connectivity index (χ3n) is 6.37. The Kier molecular flexibility index (Phi) is 7.47. The summed E-state index contributed by atoms with van der Waals surface area (Å²) < 4.78 is 5.43. The largest absolute Gasteiger partial charge is 0.379 e. The van der Waals surface area contributed by atoms with Crippen molar-refractivity contribution in [2.24, 2.45) is 0 Å². The second-order valence-corrected chi connectivity index (χ2v) is 9.77. The molecular formula is C28H29N3O3S. The summed E-state index contributed by atoms with van der Waals surface area (Å²) in [6, 6.07) is 23.5. The Morgan fingerprint density at radius 3 is 2.60 bits per heavy atom. The van der Waals surface area contributed by atoms with E-state index in [0.717, 1.165) is 61.1 Å². The molecule has 0 unspecified atom stereocenters. The molecule has 1 N–H and O–H groups in total. The van der Waals surface area contributed by atoms with Gasteiger partial charge >= 0.3 is 0 Å². The molecule has 0 aromatic heterocycles. The Balaban J connectivity index is 1.22. The highest BCUT2D eigenvalue weighted by atomic mass is 32.2. The van der Waals surface area contributed by atoms with E-state index in [0.29, 0.717) is 12.1 Å². The van der Waals surface area contributed by atoms with Crippen molar-refractivity contribution in [1.29, 1.82) is 0 Å². The lowest BCUT2D eigenvalue weighted by molar-refractivity contribution is -0.116. The maximum atomic E-state index is 13.2. The number of ether oxygens (including phenoxy) is 1. The van der Waals surface area contributed by atoms with Crippen LogP contribution in [0.1, 0.15) is 21.5 Å². The Labute approximate surface area is 210 Å². The molecule has 0 spiro atoms. The zero-order valence-corrected chi connectivity index (χ0v) is 20.4. The van der Waals surface area contributed by atoms with Gasteiger partial charge in [-0.2, -0.15) is 0 Å². The third-order valence-corrected chi connectivity index (χ3v) is 7.42. The van der Waals surface area contributed by atoms with Gasteiger partial charge in [0.2, 0.25) is 5.91 Å². The second kappa shape index (κ2) is 11.1. The number of carbonyl (C=O) groups excluding carboxylic acids is 2. The lowest BCUT2D eigenvalue weighted by atomic mass is 10.1. The maximum Gasteiger partial charge on any atom is 0.256 e. The molecule has 2 amide bonds. The van der Waals surface area contributed by atoms with Crippen molar-refractivity contribution in [2.75, 3.05) is 48.8 Å². The minimum atomic E-state index is -0.171. The molecule has 0 radical (unpaired) electrons. The molecule has 1 saturated heterocycles. The number of hydrogen-bond acceptors (Lipinski definition) is 5. The molecule has 2 aliphatic rings. The van der Waals surface area contributed by atoms with Crippen LogP contribution in [-0.2, 0) is 22.5 Å². The van der Waals surface area contributed by atoms with Gasteiger partial charge in [-0.25, -0.2) is 0 Å². The van der Waals surface area contributed by atoms with Gasteiger partial charge in [-0.1, -0.05) is 42.5 Å². The number of anilines is 2. The van der Waals surface area contributed by atoms with E-state index in [9.17, 15) is 9.59 Å². The van der Waals surface area contributed by atoms with Crippen LogP contribution in [0, 0.1) is 0 Å². The molecule has 3 aromatic rings. The molecule has 2 heterocycles. The molecule has 0 bridgehead atoms. The Bertz CT molecular complexity index is 1210. The number of carbonyl (C=O) groups is 2. The van der Waals surface area contributed by atoms with Crippen molar-refractivity contribution in [1.82, 2.24) is 4.90 Å². The lowest BCUT2D eigenvalue weighted by Gasteiger charge is -2.26. The van der Waals surface area contributed by atoms with Crippen molar-refractivity contribution in [2.45, 2.75) is 17.9 Å². The first-order valence-electron chi connectivity index (χ1n) is 12.0. The highest BCUT2D eigenvalue weighted by Crippen LogP contribution is 2.30. The number of nitrogens with one attached hydrogen (secondary N) is 1. The van der Waals surface area contributed by atoms with Crippen molar-refractivity contribution >= 4 is 35.0 Å². The predicted molar refractivity (Wildman–Crippen MR) is 140 cm³/mol. The lowest BCUT2D eigenvalue weighted by Crippen LogP contribution is -2.35. The Morgan fingerprint density at radius 2 is 1.71 bits per heavy atom. The summed E-state index contributed by atoms with van der Waals surface area (Å²) in [5.41, 5.74) is 4.71. The van der Waals surface area contributed by atoms with Crippen LogP contribution in [-0.4, -0.2) is 55.3 Å². The van der Waals surface area contributed by atoms with Crippen LogP contribution in [0.2, 0.25) is 0 Å². The minimum absolute atomic E-state index is 0.0611. The van der Waals surface area contributed by atoms with Crippen molar-refractivity contribution in [3.05, 3.63) is 89.5 Å². The summed E-state index contributed by atoms with van der Waals surface area (Å²) in [6.07, 6.45) is 0.885. The summed E-state index contributed by atoms with van der Waals surface area (Å²) in [4.78, 5) is 31.1. The summed E-state index contributed by atoms with van der Waals surface area (Å²) in [5, 5.41) is 3.04. The first kappa shape index (κ1) is 23.6. The third kappa shape index (κ3) is 5.75. The van der Waals surface area contributed by atoms with Crippen LogP contribution in [0.5, 0.6) is 0 Å². The number of amides is 2. The Morgan fingerprint density at radius 1 is 0.914 bits per heavy atom. The monoisotopic (exact) mass is 487 g/mol. The quantitative estimate of drug-likeness (QED) is 0.499. The SMILES string of the molecule is O=C(Nc1cccc(CN2CCOCC2)c1)c1ccccc1SCC(=O)N1CCc2ccccc21. The summed E-state index contributed by atoms with van der Waals surface area (Å²) in [6.45, 7) is 4.91. The number of morpholine rings is 1. The molecule has 1 fully saturated rings. The summed E-state index contributed by atoms with van der Waals surface area (Å²) in [7, 11) is 0. The van der Waals surface area contributed by atoms with Crippen molar-refractivity contribution in [3.8, 4) is 0 Å². The molecule has 0 saturated carbocycles. The van der Waals surface area contributed by atoms with E-state index >= 15 is 0 Å². The molecular weight excluding hydrogens is 458 g/mol. The number of para-hydroxylation sites is 1. The maximum absolute atomic E-state index is 13.2. The highest BCUT2D eigenvalue weighted by molar-refractivity contribution is 8.00. The fourth-order valence-electron chi connectivity index (χ4n) is 4.56. The molecule has 6 nitrogen and oxygen atoms in total. The first-order chi connectivity index (χ1) is 17.2. The van der Waals surface area contributed by atoms with Crippen molar-refractivity contribution < 1.29 is 14.3 Å². The molecule has 35 heavy (non-hydrogen) atoms. The number of nitrogens with zero attached hydrogens (tertiary/aromatic N) is 2. The number of fused-ring (bicyclic) bond motifs is 1. The second-order valence-electron chi connectivity index (χ2n) is 8.75. The van der Waals surface area contributed by atoms with E-state index < -0.39 is 0 Å². The van der Waals surface area contributed by atoms with Gasteiger partial charge in [-0.05, 0) is 47.9 Å². The number of rotatable bonds is 7. The van der Waals surface area contributed by atoms with E-state index in [2.05, 4.69) is 22.3 Å². The number of thioether (sulfide) groups is 1. The average molecular weight is 488 g/mol. The highest BCUT2D eigenvalue weighted by Gasteiger charge is 2.24. The Hall–Kier alpha value is -3.13. The summed E-state index contributed by atoms with van der Waals surface area (Å²) in [5.74, 6) is 0.176. The van der Waals surface area contributed by atoms with Gasteiger partial charge in [0.1, 0.15) is 0 Å². The molecule has 5 rings (SSSR count). The van der Waals surface area contributed by atoms with Gasteiger partial charge in [0.25, 0.3) is 5.91 Å². The standard InChI is InChI=1S/C28H29N3O3S/c32-27(31-13-12-22-7-1-3-10-25(22)31)20-35-26-11-4-2-9-24(26)28(33)29-23-8-5-6-21(18-23)19-30-14-16-34-17-15-30/h1-11,18H,12-17,19-20H2,(H,29,33). The van der Waals surface area contributed by atoms with Gasteiger partial charge in [0.15, 0.2) is 0 Å². The van der Waals surface area contributed by atoms with E-state index in [1.165, 1.54) is 17.3 Å². The first-order valence-corrected chi connectivity index (χ1v) is 13.0. The fourth-order valence-corrected chi connectivity index (χ4v) is 5.48.